The summed E-state index contributed by atoms with van der Waals surface area (Å²) in [6, 6.07) is 5.29. The van der Waals surface area contributed by atoms with Gasteiger partial charge in [-0.1, -0.05) is 33.6 Å². The van der Waals surface area contributed by atoms with Crippen molar-refractivity contribution in [2.24, 2.45) is 5.92 Å². The highest BCUT2D eigenvalue weighted by Gasteiger charge is 2.27. The second-order valence-electron chi connectivity index (χ2n) is 10.2. The number of piperidine rings is 1. The number of benzene rings is 1. The van der Waals surface area contributed by atoms with E-state index in [9.17, 15) is 4.39 Å². The van der Waals surface area contributed by atoms with Crippen LogP contribution in [0.25, 0.3) is 11.3 Å². The van der Waals surface area contributed by atoms with Crippen LogP contribution in [0.1, 0.15) is 75.7 Å². The number of nitrogens with zero attached hydrogens (tertiary/aromatic N) is 5. The van der Waals surface area contributed by atoms with E-state index >= 15 is 0 Å². The summed E-state index contributed by atoms with van der Waals surface area (Å²) in [4.78, 5) is 16.2. The number of imidazole rings is 1. The molecule has 0 radical (unpaired) electrons. The molecule has 0 saturated carbocycles. The van der Waals surface area contributed by atoms with Crippen LogP contribution in [0.3, 0.4) is 0 Å². The van der Waals surface area contributed by atoms with Gasteiger partial charge in [0.25, 0.3) is 0 Å². The lowest BCUT2D eigenvalue weighted by molar-refractivity contribution is 0.449. The first-order valence-electron chi connectivity index (χ1n) is 13.0. The SMILES string of the molecule is CCc1c(N)ncnc1N1CCC(c2nc(-c3ccc(F)c(C)c3)cn2CCCCC(C)C)CC1. The molecule has 1 saturated heterocycles. The number of nitrogen functional groups attached to an aromatic ring is 1. The Bertz CT molecular complexity index is 1130. The Morgan fingerprint density at radius 1 is 1.14 bits per heavy atom. The second-order valence-corrected chi connectivity index (χ2v) is 10.2. The largest absolute Gasteiger partial charge is 0.383 e. The van der Waals surface area contributed by atoms with Crippen LogP contribution in [-0.4, -0.2) is 32.6 Å². The van der Waals surface area contributed by atoms with Crippen LogP contribution in [0.15, 0.2) is 30.7 Å². The molecule has 4 rings (SSSR count). The molecule has 35 heavy (non-hydrogen) atoms. The van der Waals surface area contributed by atoms with E-state index in [-0.39, 0.29) is 5.82 Å². The summed E-state index contributed by atoms with van der Waals surface area (Å²) in [7, 11) is 0. The molecule has 0 aliphatic carbocycles. The van der Waals surface area contributed by atoms with Crippen LogP contribution in [-0.2, 0) is 13.0 Å². The summed E-state index contributed by atoms with van der Waals surface area (Å²) in [5.41, 5.74) is 9.72. The lowest BCUT2D eigenvalue weighted by atomic mass is 9.95. The van der Waals surface area contributed by atoms with Crippen molar-refractivity contribution in [3.8, 4) is 11.3 Å². The van der Waals surface area contributed by atoms with Gasteiger partial charge in [0.15, 0.2) is 0 Å². The third-order valence-corrected chi connectivity index (χ3v) is 7.16. The van der Waals surface area contributed by atoms with Crippen LogP contribution < -0.4 is 10.6 Å². The first-order valence-corrected chi connectivity index (χ1v) is 13.0. The van der Waals surface area contributed by atoms with E-state index in [4.69, 9.17) is 10.7 Å². The minimum Gasteiger partial charge on any atom is -0.383 e. The molecule has 2 N–H and O–H groups in total. The number of unbranched alkanes of at least 4 members (excludes halogenated alkanes) is 1. The summed E-state index contributed by atoms with van der Waals surface area (Å²) in [6.07, 6.45) is 10.2. The minimum absolute atomic E-state index is 0.175. The van der Waals surface area contributed by atoms with E-state index in [2.05, 4.69) is 46.4 Å². The van der Waals surface area contributed by atoms with Crippen molar-refractivity contribution in [2.75, 3.05) is 23.7 Å². The third kappa shape index (κ3) is 5.82. The normalized spacial score (nSPS) is 14.7. The molecule has 1 fully saturated rings. The molecule has 2 aromatic heterocycles. The van der Waals surface area contributed by atoms with Gasteiger partial charge in [0.1, 0.15) is 29.6 Å². The molecular formula is C28H39FN6. The summed E-state index contributed by atoms with van der Waals surface area (Å²) >= 11 is 0. The lowest BCUT2D eigenvalue weighted by Crippen LogP contribution is -2.35. The maximum atomic E-state index is 13.9. The van der Waals surface area contributed by atoms with E-state index in [0.717, 1.165) is 79.7 Å². The molecule has 3 aromatic rings. The van der Waals surface area contributed by atoms with Gasteiger partial charge in [0, 0.05) is 42.9 Å². The highest BCUT2D eigenvalue weighted by atomic mass is 19.1. The Hall–Kier alpha value is -2.96. The van der Waals surface area contributed by atoms with Gasteiger partial charge < -0.3 is 15.2 Å². The number of hydrogen-bond donors (Lipinski definition) is 1. The van der Waals surface area contributed by atoms with E-state index in [1.54, 1.807) is 12.4 Å². The van der Waals surface area contributed by atoms with Gasteiger partial charge >= 0.3 is 0 Å². The Balaban J connectivity index is 1.54. The highest BCUT2D eigenvalue weighted by molar-refractivity contribution is 5.60. The Morgan fingerprint density at radius 2 is 1.91 bits per heavy atom. The van der Waals surface area contributed by atoms with Crippen molar-refractivity contribution in [1.29, 1.82) is 0 Å². The maximum absolute atomic E-state index is 13.9. The number of aryl methyl sites for hydroxylation is 2. The third-order valence-electron chi connectivity index (χ3n) is 7.16. The van der Waals surface area contributed by atoms with Crippen LogP contribution in [0, 0.1) is 18.7 Å². The van der Waals surface area contributed by atoms with Gasteiger partial charge in [0.2, 0.25) is 0 Å². The first kappa shape index (κ1) is 25.1. The number of hydrogen-bond acceptors (Lipinski definition) is 5. The van der Waals surface area contributed by atoms with Crippen molar-refractivity contribution in [3.63, 3.8) is 0 Å². The zero-order valence-corrected chi connectivity index (χ0v) is 21.6. The number of anilines is 2. The maximum Gasteiger partial charge on any atom is 0.137 e. The van der Waals surface area contributed by atoms with Gasteiger partial charge in [-0.3, -0.25) is 0 Å². The minimum atomic E-state index is -0.175. The molecule has 0 atom stereocenters. The van der Waals surface area contributed by atoms with Crippen molar-refractivity contribution in [2.45, 2.75) is 78.7 Å². The highest BCUT2D eigenvalue weighted by Crippen LogP contribution is 2.33. The zero-order chi connectivity index (χ0) is 24.9. The number of rotatable bonds is 9. The van der Waals surface area contributed by atoms with Crippen molar-refractivity contribution in [1.82, 2.24) is 19.5 Å². The number of aromatic nitrogens is 4. The molecule has 0 spiro atoms. The lowest BCUT2D eigenvalue weighted by Gasteiger charge is -2.33. The van der Waals surface area contributed by atoms with Gasteiger partial charge in [0.05, 0.1) is 5.69 Å². The molecule has 0 bridgehead atoms. The van der Waals surface area contributed by atoms with Crippen LogP contribution in [0.5, 0.6) is 0 Å². The molecule has 6 nitrogen and oxygen atoms in total. The van der Waals surface area contributed by atoms with Crippen LogP contribution >= 0.6 is 0 Å². The van der Waals surface area contributed by atoms with Crippen LogP contribution in [0.2, 0.25) is 0 Å². The molecule has 0 amide bonds. The molecule has 3 heterocycles. The predicted octanol–water partition coefficient (Wildman–Crippen LogP) is 6.14. The molecule has 188 valence electrons. The summed E-state index contributed by atoms with van der Waals surface area (Å²) in [5.74, 6) is 3.64. The van der Waals surface area contributed by atoms with Gasteiger partial charge in [-0.25, -0.2) is 19.3 Å². The fourth-order valence-corrected chi connectivity index (χ4v) is 5.09. The van der Waals surface area contributed by atoms with Gasteiger partial charge in [-0.05, 0) is 62.3 Å². The van der Waals surface area contributed by atoms with Crippen molar-refractivity contribution < 1.29 is 4.39 Å². The molecule has 7 heteroatoms. The van der Waals surface area contributed by atoms with Crippen molar-refractivity contribution >= 4 is 11.6 Å². The predicted molar refractivity (Wildman–Crippen MR) is 141 cm³/mol. The Labute approximate surface area is 208 Å². The summed E-state index contributed by atoms with van der Waals surface area (Å²) < 4.78 is 16.2. The Morgan fingerprint density at radius 3 is 2.60 bits per heavy atom. The van der Waals surface area contributed by atoms with Gasteiger partial charge in [-0.2, -0.15) is 0 Å². The molecule has 1 aromatic carbocycles. The fourth-order valence-electron chi connectivity index (χ4n) is 5.09. The first-order chi connectivity index (χ1) is 16.9. The smallest absolute Gasteiger partial charge is 0.137 e. The van der Waals surface area contributed by atoms with E-state index in [1.165, 1.54) is 12.8 Å². The monoisotopic (exact) mass is 478 g/mol. The summed E-state index contributed by atoms with van der Waals surface area (Å²) in [6.45, 7) is 11.3. The van der Waals surface area contributed by atoms with Gasteiger partial charge in [-0.15, -0.1) is 0 Å². The zero-order valence-electron chi connectivity index (χ0n) is 21.6. The average molecular weight is 479 g/mol. The Kier molecular flexibility index (Phi) is 8.04. The van der Waals surface area contributed by atoms with E-state index in [1.807, 2.05) is 19.1 Å². The van der Waals surface area contributed by atoms with Crippen molar-refractivity contribution in [3.05, 3.63) is 53.5 Å². The van der Waals surface area contributed by atoms with Crippen LogP contribution in [0.4, 0.5) is 16.0 Å². The standard InChI is InChI=1S/C28H39FN6/c1-5-23-26(30)31-18-32-28(23)34-14-11-21(12-15-34)27-33-25(22-9-10-24(29)20(4)16-22)17-35(27)13-7-6-8-19(2)3/h9-10,16-19,21H,5-8,11-15H2,1-4H3,(H2,30,31,32). The topological polar surface area (TPSA) is 72.9 Å². The van der Waals surface area contributed by atoms with E-state index in [0.29, 0.717) is 17.3 Å². The second kappa shape index (κ2) is 11.2. The van der Waals surface area contributed by atoms with E-state index < -0.39 is 0 Å². The number of halogens is 1. The summed E-state index contributed by atoms with van der Waals surface area (Å²) in [5, 5.41) is 0. The molecule has 0 unspecified atom stereocenters. The molecule has 1 aliphatic rings. The average Bonchev–Trinajstić information content (AvgIpc) is 3.27. The molecule has 1 aliphatic heterocycles. The molecular weight excluding hydrogens is 439 g/mol. The fraction of sp³-hybridized carbons (Fsp3) is 0.536. The quantitative estimate of drug-likeness (QED) is 0.374. The number of nitrogens with two attached hydrogens (primary N) is 1.